The summed E-state index contributed by atoms with van der Waals surface area (Å²) in [6.07, 6.45) is 6.50. The van der Waals surface area contributed by atoms with Crippen LogP contribution < -0.4 is 10.1 Å². The van der Waals surface area contributed by atoms with Crippen molar-refractivity contribution < 1.29 is 9.53 Å². The van der Waals surface area contributed by atoms with Gasteiger partial charge >= 0.3 is 6.03 Å². The van der Waals surface area contributed by atoms with Gasteiger partial charge in [0.25, 0.3) is 0 Å². The van der Waals surface area contributed by atoms with Crippen LogP contribution in [0.1, 0.15) is 32.6 Å². The summed E-state index contributed by atoms with van der Waals surface area (Å²) in [6.45, 7) is 2.10. The average Bonchev–Trinajstić information content (AvgIpc) is 2.78. The summed E-state index contributed by atoms with van der Waals surface area (Å²) in [5.41, 5.74) is 2.28. The van der Waals surface area contributed by atoms with E-state index in [-0.39, 0.29) is 6.03 Å². The number of hydrogen-bond acceptors (Lipinski definition) is 2. The molecule has 0 spiro atoms. The minimum Gasteiger partial charge on any atom is -0.497 e. The van der Waals surface area contributed by atoms with Crippen molar-refractivity contribution in [3.63, 3.8) is 0 Å². The molecule has 0 aromatic heterocycles. The standard InChI is InChI=1S/C17H22N2O2/c1-3-12-9-14-7-8-15(10-12)19(14)17(20)18-13-5-4-6-16(11-13)21-2/h3-6,11,14-15H,7-10H2,1-2H3,(H,18,20). The van der Waals surface area contributed by atoms with Crippen LogP contribution in [0.4, 0.5) is 10.5 Å². The maximum Gasteiger partial charge on any atom is 0.322 e. The molecule has 4 nitrogen and oxygen atoms in total. The van der Waals surface area contributed by atoms with E-state index < -0.39 is 0 Å². The Labute approximate surface area is 125 Å². The number of methoxy groups -OCH3 is 1. The molecule has 2 heterocycles. The van der Waals surface area contributed by atoms with Crippen LogP contribution in [-0.4, -0.2) is 30.1 Å². The van der Waals surface area contributed by atoms with Crippen LogP contribution in [0.3, 0.4) is 0 Å². The van der Waals surface area contributed by atoms with Gasteiger partial charge in [0.1, 0.15) is 5.75 Å². The number of ether oxygens (including phenoxy) is 1. The van der Waals surface area contributed by atoms with E-state index in [1.807, 2.05) is 29.2 Å². The zero-order valence-electron chi connectivity index (χ0n) is 12.6. The van der Waals surface area contributed by atoms with Crippen molar-refractivity contribution in [2.75, 3.05) is 12.4 Å². The van der Waals surface area contributed by atoms with Crippen LogP contribution in [0.15, 0.2) is 35.9 Å². The summed E-state index contributed by atoms with van der Waals surface area (Å²) in [5.74, 6) is 0.755. The molecule has 0 aliphatic carbocycles. The zero-order chi connectivity index (χ0) is 14.8. The Bertz CT molecular complexity index is 552. The highest BCUT2D eigenvalue weighted by molar-refractivity contribution is 5.90. The third-order valence-electron chi connectivity index (χ3n) is 4.58. The second-order valence-electron chi connectivity index (χ2n) is 5.81. The second-order valence-corrected chi connectivity index (χ2v) is 5.81. The molecule has 0 radical (unpaired) electrons. The van der Waals surface area contributed by atoms with Gasteiger partial charge in [-0.15, -0.1) is 0 Å². The SMILES string of the molecule is CC=C1CC2CCC(C1)N2C(=O)Nc1cccc(OC)c1. The molecule has 2 aliphatic heterocycles. The van der Waals surface area contributed by atoms with Crippen LogP contribution in [0.5, 0.6) is 5.75 Å². The lowest BCUT2D eigenvalue weighted by Gasteiger charge is -2.36. The lowest BCUT2D eigenvalue weighted by molar-refractivity contribution is 0.174. The summed E-state index contributed by atoms with van der Waals surface area (Å²) < 4.78 is 5.19. The molecule has 2 aliphatic rings. The van der Waals surface area contributed by atoms with Crippen LogP contribution >= 0.6 is 0 Å². The fraction of sp³-hybridized carbons (Fsp3) is 0.471. The molecule has 0 saturated carbocycles. The first-order valence-corrected chi connectivity index (χ1v) is 7.58. The highest BCUT2D eigenvalue weighted by Crippen LogP contribution is 2.38. The van der Waals surface area contributed by atoms with Gasteiger partial charge in [-0.05, 0) is 44.7 Å². The minimum absolute atomic E-state index is 0.0194. The van der Waals surface area contributed by atoms with E-state index in [2.05, 4.69) is 18.3 Å². The first-order valence-electron chi connectivity index (χ1n) is 7.58. The number of carbonyl (C=O) groups is 1. The number of benzene rings is 1. The van der Waals surface area contributed by atoms with Crippen LogP contribution in [-0.2, 0) is 0 Å². The Hall–Kier alpha value is -1.97. The summed E-state index contributed by atoms with van der Waals surface area (Å²) in [4.78, 5) is 14.6. The molecule has 2 atom stereocenters. The first kappa shape index (κ1) is 14.0. The Morgan fingerprint density at radius 2 is 2.05 bits per heavy atom. The lowest BCUT2D eigenvalue weighted by atomic mass is 9.97. The van der Waals surface area contributed by atoms with Crippen molar-refractivity contribution >= 4 is 11.7 Å². The molecule has 4 heteroatoms. The van der Waals surface area contributed by atoms with Gasteiger partial charge in [-0.2, -0.15) is 0 Å². The fourth-order valence-electron chi connectivity index (χ4n) is 3.51. The number of amides is 2. The predicted molar refractivity (Wildman–Crippen MR) is 83.7 cm³/mol. The van der Waals surface area contributed by atoms with Gasteiger partial charge < -0.3 is 15.0 Å². The third kappa shape index (κ3) is 2.75. The molecular weight excluding hydrogens is 264 g/mol. The number of fused-ring (bicyclic) bond motifs is 2. The quantitative estimate of drug-likeness (QED) is 0.840. The van der Waals surface area contributed by atoms with Gasteiger partial charge in [-0.3, -0.25) is 0 Å². The molecule has 2 amide bonds. The predicted octanol–water partition coefficient (Wildman–Crippen LogP) is 3.80. The molecule has 1 N–H and O–H groups in total. The lowest BCUT2D eigenvalue weighted by Crippen LogP contribution is -2.46. The average molecular weight is 286 g/mol. The first-order chi connectivity index (χ1) is 10.2. The molecule has 2 unspecified atom stereocenters. The topological polar surface area (TPSA) is 41.6 Å². The fourth-order valence-corrected chi connectivity index (χ4v) is 3.51. The van der Waals surface area contributed by atoms with E-state index in [0.29, 0.717) is 12.1 Å². The normalized spacial score (nSPS) is 23.9. The van der Waals surface area contributed by atoms with E-state index in [4.69, 9.17) is 4.74 Å². The largest absolute Gasteiger partial charge is 0.497 e. The number of carbonyl (C=O) groups excluding carboxylic acids is 1. The smallest absolute Gasteiger partial charge is 0.322 e. The van der Waals surface area contributed by atoms with Crippen molar-refractivity contribution in [3.8, 4) is 5.75 Å². The maximum absolute atomic E-state index is 12.6. The number of allylic oxidation sites excluding steroid dienone is 1. The van der Waals surface area contributed by atoms with Gasteiger partial charge in [0.15, 0.2) is 0 Å². The molecule has 112 valence electrons. The van der Waals surface area contributed by atoms with Gasteiger partial charge in [0.05, 0.1) is 7.11 Å². The van der Waals surface area contributed by atoms with E-state index in [0.717, 1.165) is 37.1 Å². The van der Waals surface area contributed by atoms with Gasteiger partial charge in [-0.1, -0.05) is 17.7 Å². The number of piperidine rings is 1. The molecule has 1 aromatic carbocycles. The van der Waals surface area contributed by atoms with E-state index in [1.54, 1.807) is 7.11 Å². The minimum atomic E-state index is 0.0194. The van der Waals surface area contributed by atoms with Crippen LogP contribution in [0.25, 0.3) is 0 Å². The second kappa shape index (κ2) is 5.80. The summed E-state index contributed by atoms with van der Waals surface area (Å²) in [7, 11) is 1.63. The van der Waals surface area contributed by atoms with E-state index >= 15 is 0 Å². The summed E-state index contributed by atoms with van der Waals surface area (Å²) >= 11 is 0. The highest BCUT2D eigenvalue weighted by Gasteiger charge is 2.41. The Morgan fingerprint density at radius 1 is 1.33 bits per heavy atom. The molecule has 2 saturated heterocycles. The Morgan fingerprint density at radius 3 is 2.67 bits per heavy atom. The monoisotopic (exact) mass is 286 g/mol. The van der Waals surface area contributed by atoms with Crippen LogP contribution in [0, 0.1) is 0 Å². The van der Waals surface area contributed by atoms with Crippen molar-refractivity contribution in [2.45, 2.75) is 44.7 Å². The summed E-state index contributed by atoms with van der Waals surface area (Å²) in [6, 6.07) is 8.24. The molecule has 21 heavy (non-hydrogen) atoms. The maximum atomic E-state index is 12.6. The molecule has 2 fully saturated rings. The van der Waals surface area contributed by atoms with Crippen LogP contribution in [0.2, 0.25) is 0 Å². The molecule has 2 bridgehead atoms. The zero-order valence-corrected chi connectivity index (χ0v) is 12.6. The van der Waals surface area contributed by atoms with E-state index in [9.17, 15) is 4.79 Å². The summed E-state index contributed by atoms with van der Waals surface area (Å²) in [5, 5.41) is 3.01. The van der Waals surface area contributed by atoms with Crippen molar-refractivity contribution in [1.82, 2.24) is 4.90 Å². The van der Waals surface area contributed by atoms with Gasteiger partial charge in [-0.25, -0.2) is 4.79 Å². The van der Waals surface area contributed by atoms with Crippen molar-refractivity contribution in [1.29, 1.82) is 0 Å². The molecule has 3 rings (SSSR count). The molecular formula is C17H22N2O2. The number of nitrogens with zero attached hydrogens (tertiary/aromatic N) is 1. The van der Waals surface area contributed by atoms with Gasteiger partial charge in [0, 0.05) is 23.8 Å². The number of anilines is 1. The van der Waals surface area contributed by atoms with Crippen molar-refractivity contribution in [2.24, 2.45) is 0 Å². The van der Waals surface area contributed by atoms with E-state index in [1.165, 1.54) is 5.57 Å². The Kier molecular flexibility index (Phi) is 3.86. The number of nitrogens with one attached hydrogen (secondary N) is 1. The van der Waals surface area contributed by atoms with Gasteiger partial charge in [0.2, 0.25) is 0 Å². The Balaban J connectivity index is 1.71. The number of rotatable bonds is 2. The molecule has 1 aromatic rings. The highest BCUT2D eigenvalue weighted by atomic mass is 16.5. The third-order valence-corrected chi connectivity index (χ3v) is 4.58. The number of urea groups is 1. The van der Waals surface area contributed by atoms with Crippen molar-refractivity contribution in [3.05, 3.63) is 35.9 Å². The number of hydrogen-bond donors (Lipinski definition) is 1.